The normalized spacial score (nSPS) is 19.1. The van der Waals surface area contributed by atoms with Crippen LogP contribution in [0, 0.1) is 17.6 Å². The number of hydrogen-bond acceptors (Lipinski definition) is 4. The summed E-state index contributed by atoms with van der Waals surface area (Å²) < 4.78 is 36.6. The molecule has 2 aromatic rings. The third-order valence-corrected chi connectivity index (χ3v) is 6.78. The predicted molar refractivity (Wildman–Crippen MR) is 124 cm³/mol. The van der Waals surface area contributed by atoms with E-state index in [4.69, 9.17) is 16.3 Å². The molecular formula is C24H27ClF2N2O2S. The molecule has 1 aliphatic carbocycles. The van der Waals surface area contributed by atoms with Gasteiger partial charge in [-0.15, -0.1) is 0 Å². The number of ether oxygens (including phenoxy) is 1. The molecule has 4 nitrogen and oxygen atoms in total. The van der Waals surface area contributed by atoms with Crippen LogP contribution in [0.25, 0.3) is 0 Å². The number of hydrogen-bond donors (Lipinski definition) is 1. The van der Waals surface area contributed by atoms with Crippen molar-refractivity contribution < 1.29 is 18.3 Å². The Hall–Kier alpha value is -1.83. The molecule has 32 heavy (non-hydrogen) atoms. The first kappa shape index (κ1) is 23.3. The van der Waals surface area contributed by atoms with Gasteiger partial charge < -0.3 is 4.74 Å². The van der Waals surface area contributed by atoms with E-state index in [2.05, 4.69) is 9.62 Å². The molecule has 0 spiro atoms. The number of likely N-dealkylation sites (tertiary alicyclic amines) is 1. The quantitative estimate of drug-likeness (QED) is 0.485. The molecule has 1 saturated carbocycles. The number of carbonyl (C=O) groups is 1. The monoisotopic (exact) mass is 480 g/mol. The highest BCUT2D eigenvalue weighted by atomic mass is 35.5. The van der Waals surface area contributed by atoms with Gasteiger partial charge in [-0.3, -0.25) is 14.4 Å². The molecule has 1 amide bonds. The minimum atomic E-state index is -0.563. The molecule has 1 N–H and O–H groups in total. The van der Waals surface area contributed by atoms with E-state index < -0.39 is 11.7 Å². The Morgan fingerprint density at radius 3 is 2.78 bits per heavy atom. The van der Waals surface area contributed by atoms with Crippen molar-refractivity contribution in [2.45, 2.75) is 38.1 Å². The first-order valence-corrected chi connectivity index (χ1v) is 12.5. The minimum Gasteiger partial charge on any atom is -0.493 e. The van der Waals surface area contributed by atoms with E-state index in [1.165, 1.54) is 18.2 Å². The van der Waals surface area contributed by atoms with Crippen molar-refractivity contribution in [1.29, 1.82) is 0 Å². The first-order valence-electron chi connectivity index (χ1n) is 10.9. The number of amides is 1. The SMILES string of the molecule is CSNC(=O)c1cc(C2CC2)c(OCC2CCCN(Cc3ccc(F)cc3Cl)C2)cc1F. The molecule has 1 heterocycles. The maximum absolute atomic E-state index is 14.6. The molecule has 1 unspecified atom stereocenters. The third kappa shape index (κ3) is 5.74. The van der Waals surface area contributed by atoms with E-state index >= 15 is 0 Å². The van der Waals surface area contributed by atoms with Crippen molar-refractivity contribution in [2.24, 2.45) is 5.92 Å². The van der Waals surface area contributed by atoms with Gasteiger partial charge in [-0.25, -0.2) is 8.78 Å². The van der Waals surface area contributed by atoms with Crippen molar-refractivity contribution in [2.75, 3.05) is 26.0 Å². The summed E-state index contributed by atoms with van der Waals surface area (Å²) in [7, 11) is 0. The van der Waals surface area contributed by atoms with Crippen LogP contribution in [0.4, 0.5) is 8.78 Å². The van der Waals surface area contributed by atoms with E-state index in [1.807, 2.05) is 0 Å². The molecule has 2 aromatic carbocycles. The molecule has 0 aromatic heterocycles. The van der Waals surface area contributed by atoms with Gasteiger partial charge in [0.25, 0.3) is 5.91 Å². The summed E-state index contributed by atoms with van der Waals surface area (Å²) in [6, 6.07) is 7.53. The van der Waals surface area contributed by atoms with Gasteiger partial charge in [-0.1, -0.05) is 29.6 Å². The van der Waals surface area contributed by atoms with Crippen LogP contribution in [0.5, 0.6) is 5.75 Å². The van der Waals surface area contributed by atoms with Crippen LogP contribution < -0.4 is 9.46 Å². The zero-order valence-corrected chi connectivity index (χ0v) is 19.6. The second-order valence-electron chi connectivity index (χ2n) is 8.57. The number of carbonyl (C=O) groups excluding carboxylic acids is 1. The average Bonchev–Trinajstić information content (AvgIpc) is 3.60. The van der Waals surface area contributed by atoms with Gasteiger partial charge in [0, 0.05) is 36.4 Å². The Labute approximate surface area is 196 Å². The van der Waals surface area contributed by atoms with E-state index in [0.29, 0.717) is 35.8 Å². The Balaban J connectivity index is 1.40. The van der Waals surface area contributed by atoms with E-state index in [0.717, 1.165) is 61.8 Å². The zero-order chi connectivity index (χ0) is 22.7. The molecule has 0 radical (unpaired) electrons. The number of piperidine rings is 1. The number of nitrogens with zero attached hydrogens (tertiary/aromatic N) is 1. The second-order valence-corrected chi connectivity index (χ2v) is 9.59. The first-order chi connectivity index (χ1) is 15.4. The number of halogens is 3. The van der Waals surface area contributed by atoms with Crippen molar-refractivity contribution in [3.8, 4) is 5.75 Å². The smallest absolute Gasteiger partial charge is 0.264 e. The van der Waals surface area contributed by atoms with E-state index in [-0.39, 0.29) is 11.4 Å². The van der Waals surface area contributed by atoms with Crippen LogP contribution in [0.2, 0.25) is 5.02 Å². The Bertz CT molecular complexity index is 987. The summed E-state index contributed by atoms with van der Waals surface area (Å²) in [4.78, 5) is 14.5. The van der Waals surface area contributed by atoms with Crippen LogP contribution in [0.15, 0.2) is 30.3 Å². The molecule has 2 aliphatic rings. The molecular weight excluding hydrogens is 454 g/mol. The van der Waals surface area contributed by atoms with Crippen molar-refractivity contribution in [1.82, 2.24) is 9.62 Å². The molecule has 0 bridgehead atoms. The minimum absolute atomic E-state index is 0.0635. The lowest BCUT2D eigenvalue weighted by atomic mass is 9.98. The Morgan fingerprint density at radius 1 is 1.25 bits per heavy atom. The fourth-order valence-corrected chi connectivity index (χ4v) is 4.78. The lowest BCUT2D eigenvalue weighted by Gasteiger charge is -2.33. The summed E-state index contributed by atoms with van der Waals surface area (Å²) in [5, 5.41) is 0.443. The second kappa shape index (κ2) is 10.4. The van der Waals surface area contributed by atoms with Gasteiger partial charge in [-0.05, 0) is 67.5 Å². The van der Waals surface area contributed by atoms with Crippen molar-refractivity contribution in [3.63, 3.8) is 0 Å². The number of nitrogens with one attached hydrogen (secondary N) is 1. The Morgan fingerprint density at radius 2 is 2.06 bits per heavy atom. The van der Waals surface area contributed by atoms with Crippen LogP contribution >= 0.6 is 23.5 Å². The van der Waals surface area contributed by atoms with Gasteiger partial charge in [0.05, 0.1) is 12.2 Å². The van der Waals surface area contributed by atoms with Crippen LogP contribution in [-0.2, 0) is 6.54 Å². The maximum atomic E-state index is 14.6. The fourth-order valence-electron chi connectivity index (χ4n) is 4.26. The molecule has 4 rings (SSSR count). The average molecular weight is 481 g/mol. The van der Waals surface area contributed by atoms with Gasteiger partial charge in [0.1, 0.15) is 17.4 Å². The fraction of sp³-hybridized carbons (Fsp3) is 0.458. The predicted octanol–water partition coefficient (Wildman–Crippen LogP) is 5.79. The maximum Gasteiger partial charge on any atom is 0.264 e. The summed E-state index contributed by atoms with van der Waals surface area (Å²) in [6.07, 6.45) is 5.85. The molecule has 172 valence electrons. The van der Waals surface area contributed by atoms with Gasteiger partial charge >= 0.3 is 0 Å². The van der Waals surface area contributed by atoms with E-state index in [9.17, 15) is 13.6 Å². The highest BCUT2D eigenvalue weighted by Crippen LogP contribution is 2.45. The highest BCUT2D eigenvalue weighted by Gasteiger charge is 2.30. The van der Waals surface area contributed by atoms with Crippen molar-refractivity contribution >= 4 is 29.5 Å². The summed E-state index contributed by atoms with van der Waals surface area (Å²) in [5.41, 5.74) is 1.89. The van der Waals surface area contributed by atoms with Crippen LogP contribution in [0.3, 0.4) is 0 Å². The standard InChI is InChI=1S/C24H27ClF2N2O2S/c1-32-28-24(30)20-10-19(16-4-5-16)23(11-22(20)27)31-14-15-3-2-8-29(12-15)13-17-6-7-18(26)9-21(17)25/h6-7,9-11,15-16H,2-5,8,12-14H2,1H3,(H,28,30). The van der Waals surface area contributed by atoms with Gasteiger partial charge in [-0.2, -0.15) is 0 Å². The molecule has 2 fully saturated rings. The van der Waals surface area contributed by atoms with Crippen molar-refractivity contribution in [3.05, 3.63) is 63.7 Å². The molecule has 1 saturated heterocycles. The highest BCUT2D eigenvalue weighted by molar-refractivity contribution is 7.97. The largest absolute Gasteiger partial charge is 0.493 e. The summed E-state index contributed by atoms with van der Waals surface area (Å²) in [6.45, 7) is 2.94. The zero-order valence-electron chi connectivity index (χ0n) is 18.0. The van der Waals surface area contributed by atoms with Crippen LogP contribution in [0.1, 0.15) is 53.1 Å². The van der Waals surface area contributed by atoms with Gasteiger partial charge in [0.2, 0.25) is 0 Å². The van der Waals surface area contributed by atoms with Crippen LogP contribution in [-0.4, -0.2) is 36.8 Å². The summed E-state index contributed by atoms with van der Waals surface area (Å²) >= 11 is 7.34. The molecule has 1 aliphatic heterocycles. The number of rotatable bonds is 8. The third-order valence-electron chi connectivity index (χ3n) is 6.04. The Kier molecular flexibility index (Phi) is 7.59. The lowest BCUT2D eigenvalue weighted by Crippen LogP contribution is -2.37. The van der Waals surface area contributed by atoms with E-state index in [1.54, 1.807) is 18.4 Å². The summed E-state index contributed by atoms with van der Waals surface area (Å²) in [5.74, 6) is -0.144. The molecule has 1 atom stereocenters. The molecule has 8 heteroatoms. The number of benzene rings is 2. The topological polar surface area (TPSA) is 41.6 Å². The lowest BCUT2D eigenvalue weighted by molar-refractivity contribution is 0.0980. The van der Waals surface area contributed by atoms with Gasteiger partial charge in [0.15, 0.2) is 0 Å².